The Balaban J connectivity index is 1.69. The Morgan fingerprint density at radius 1 is 1.53 bits per heavy atom. The molecule has 0 saturated carbocycles. The third kappa shape index (κ3) is 2.41. The Kier molecular flexibility index (Phi) is 3.12. The molecule has 0 aromatic carbocycles. The average Bonchev–Trinajstić information content (AvgIpc) is 2.81. The summed E-state index contributed by atoms with van der Waals surface area (Å²) in [4.78, 5) is 17.4. The summed E-state index contributed by atoms with van der Waals surface area (Å²) in [5, 5.41) is 7.91. The van der Waals surface area contributed by atoms with Crippen molar-refractivity contribution in [3.63, 3.8) is 0 Å². The van der Waals surface area contributed by atoms with Crippen molar-refractivity contribution in [1.82, 2.24) is 20.6 Å². The van der Waals surface area contributed by atoms with Crippen LogP contribution in [0.5, 0.6) is 0 Å². The Morgan fingerprint density at radius 3 is 3.21 bits per heavy atom. The van der Waals surface area contributed by atoms with E-state index in [1.54, 1.807) is 24.0 Å². The van der Waals surface area contributed by atoms with E-state index in [2.05, 4.69) is 20.8 Å². The van der Waals surface area contributed by atoms with Crippen molar-refractivity contribution in [3.8, 4) is 0 Å². The van der Waals surface area contributed by atoms with E-state index in [-0.39, 0.29) is 12.2 Å². The summed E-state index contributed by atoms with van der Waals surface area (Å²) in [5.41, 5.74) is 4.94. The highest BCUT2D eigenvalue weighted by molar-refractivity contribution is 8.13. The number of hydrazone groups is 1. The second-order valence-corrected chi connectivity index (χ2v) is 5.18. The predicted octanol–water partition coefficient (Wildman–Crippen LogP) is 0.808. The molecule has 3 rings (SSSR count). The number of hydrogen-bond acceptors (Lipinski definition) is 6. The van der Waals surface area contributed by atoms with E-state index >= 15 is 0 Å². The summed E-state index contributed by atoms with van der Waals surface area (Å²) >= 11 is 1.61. The first-order chi connectivity index (χ1) is 9.24. The lowest BCUT2D eigenvalue weighted by atomic mass is 10.3. The van der Waals surface area contributed by atoms with Crippen molar-refractivity contribution in [2.24, 2.45) is 5.10 Å². The lowest BCUT2D eigenvalue weighted by Gasteiger charge is -2.30. The highest BCUT2D eigenvalue weighted by Gasteiger charge is 2.33. The second kappa shape index (κ2) is 4.93. The first-order valence-corrected chi connectivity index (χ1v) is 6.85. The monoisotopic (exact) mass is 275 g/mol. The van der Waals surface area contributed by atoms with Crippen LogP contribution in [0.1, 0.15) is 12.5 Å². The van der Waals surface area contributed by atoms with Gasteiger partial charge in [0.2, 0.25) is 5.91 Å². The molecule has 0 spiro atoms. The van der Waals surface area contributed by atoms with Crippen LogP contribution >= 0.6 is 11.8 Å². The Labute approximate surface area is 115 Å². The van der Waals surface area contributed by atoms with Crippen molar-refractivity contribution < 1.29 is 4.79 Å². The van der Waals surface area contributed by atoms with Gasteiger partial charge in [0.1, 0.15) is 0 Å². The Morgan fingerprint density at radius 2 is 2.42 bits per heavy atom. The lowest BCUT2D eigenvalue weighted by Crippen LogP contribution is -2.53. The number of nitrogens with one attached hydrogen (secondary N) is 2. The molecule has 1 aromatic rings. The third-order valence-corrected chi connectivity index (χ3v) is 3.86. The summed E-state index contributed by atoms with van der Waals surface area (Å²) in [6.07, 6.45) is 4.90. The number of amides is 1. The van der Waals surface area contributed by atoms with E-state index in [1.165, 1.54) is 0 Å². The van der Waals surface area contributed by atoms with E-state index in [9.17, 15) is 4.79 Å². The van der Waals surface area contributed by atoms with Crippen LogP contribution in [0.25, 0.3) is 0 Å². The van der Waals surface area contributed by atoms with Gasteiger partial charge in [-0.25, -0.2) is 0 Å². The van der Waals surface area contributed by atoms with E-state index in [1.807, 2.05) is 30.2 Å². The first-order valence-electron chi connectivity index (χ1n) is 5.87. The van der Waals surface area contributed by atoms with Crippen LogP contribution in [0.3, 0.4) is 0 Å². The maximum Gasteiger partial charge on any atom is 0.248 e. The summed E-state index contributed by atoms with van der Waals surface area (Å²) in [6, 6.07) is 3.95. The molecule has 2 aliphatic rings. The third-order valence-electron chi connectivity index (χ3n) is 2.84. The van der Waals surface area contributed by atoms with E-state index < -0.39 is 0 Å². The summed E-state index contributed by atoms with van der Waals surface area (Å²) < 4.78 is 0. The molecule has 0 radical (unpaired) electrons. The largest absolute Gasteiger partial charge is 0.314 e. The summed E-state index contributed by atoms with van der Waals surface area (Å²) in [6.45, 7) is 1.90. The molecule has 1 amide bonds. The van der Waals surface area contributed by atoms with Gasteiger partial charge in [0.15, 0.2) is 11.5 Å². The number of fused-ring (bicyclic) bond motifs is 1. The van der Waals surface area contributed by atoms with Gasteiger partial charge in [-0.3, -0.25) is 20.1 Å². The van der Waals surface area contributed by atoms with Crippen molar-refractivity contribution in [1.29, 1.82) is 0 Å². The lowest BCUT2D eigenvalue weighted by molar-refractivity contribution is -0.118. The van der Waals surface area contributed by atoms with Gasteiger partial charge >= 0.3 is 0 Å². The van der Waals surface area contributed by atoms with Crippen LogP contribution in [0.15, 0.2) is 41.4 Å². The molecule has 1 atom stereocenters. The van der Waals surface area contributed by atoms with Crippen molar-refractivity contribution >= 4 is 22.8 Å². The molecule has 7 heteroatoms. The highest BCUT2D eigenvalue weighted by atomic mass is 32.2. The molecule has 6 nitrogen and oxygen atoms in total. The zero-order chi connectivity index (χ0) is 13.2. The van der Waals surface area contributed by atoms with Crippen molar-refractivity contribution in [3.05, 3.63) is 41.9 Å². The fraction of sp³-hybridized carbons (Fsp3) is 0.250. The number of thioether (sulfide) groups is 1. The van der Waals surface area contributed by atoms with E-state index in [0.29, 0.717) is 0 Å². The topological polar surface area (TPSA) is 69.6 Å². The van der Waals surface area contributed by atoms with E-state index in [0.717, 1.165) is 22.2 Å². The van der Waals surface area contributed by atoms with Crippen LogP contribution in [0.4, 0.5) is 0 Å². The molecule has 2 N–H and O–H groups in total. The Bertz CT molecular complexity index is 556. The number of rotatable bonds is 2. The molecule has 0 bridgehead atoms. The minimum Gasteiger partial charge on any atom is -0.314 e. The molecule has 0 saturated heterocycles. The molecule has 1 unspecified atom stereocenters. The van der Waals surface area contributed by atoms with Gasteiger partial charge in [-0.05, 0) is 18.6 Å². The summed E-state index contributed by atoms with van der Waals surface area (Å²) in [5.74, 6) is 0.693. The van der Waals surface area contributed by atoms with Crippen LogP contribution in [-0.2, 0) is 10.5 Å². The molecule has 2 aliphatic heterocycles. The predicted molar refractivity (Wildman–Crippen MR) is 73.6 cm³/mol. The number of allylic oxidation sites excluding steroid dienone is 1. The molecular weight excluding hydrogens is 262 g/mol. The highest BCUT2D eigenvalue weighted by Crippen LogP contribution is 2.24. The van der Waals surface area contributed by atoms with Gasteiger partial charge in [-0.2, -0.15) is 5.10 Å². The van der Waals surface area contributed by atoms with E-state index in [4.69, 9.17) is 0 Å². The molecular formula is C12H13N5OS. The molecule has 19 heavy (non-hydrogen) atoms. The summed E-state index contributed by atoms with van der Waals surface area (Å²) in [7, 11) is 0. The minimum absolute atomic E-state index is 0.0973. The molecule has 0 aliphatic carbocycles. The normalized spacial score (nSPS) is 21.2. The molecule has 1 aromatic heterocycles. The van der Waals surface area contributed by atoms with Crippen molar-refractivity contribution in [2.45, 2.75) is 19.0 Å². The van der Waals surface area contributed by atoms with Gasteiger partial charge in [-0.1, -0.05) is 17.8 Å². The van der Waals surface area contributed by atoms with Gasteiger partial charge in [-0.15, -0.1) is 0 Å². The van der Waals surface area contributed by atoms with Crippen LogP contribution in [0.2, 0.25) is 0 Å². The zero-order valence-electron chi connectivity index (χ0n) is 10.3. The maximum absolute atomic E-state index is 11.4. The van der Waals surface area contributed by atoms with Gasteiger partial charge in [0, 0.05) is 29.9 Å². The van der Waals surface area contributed by atoms with Crippen LogP contribution in [0, 0.1) is 0 Å². The molecule has 0 fully saturated rings. The molecule has 98 valence electrons. The zero-order valence-corrected chi connectivity index (χ0v) is 11.1. The number of amidine groups is 1. The van der Waals surface area contributed by atoms with Crippen molar-refractivity contribution in [2.75, 3.05) is 0 Å². The Hall–Kier alpha value is -2.02. The number of nitrogens with zero attached hydrogens (tertiary/aromatic N) is 3. The van der Waals surface area contributed by atoms with Crippen LogP contribution in [-0.4, -0.2) is 27.2 Å². The average molecular weight is 275 g/mol. The van der Waals surface area contributed by atoms with Gasteiger partial charge < -0.3 is 5.32 Å². The SMILES string of the molecule is CC1=CC(=O)NC2NN=C(SCc3cccnc3)N12. The number of hydrogen-bond donors (Lipinski definition) is 2. The fourth-order valence-corrected chi connectivity index (χ4v) is 2.93. The minimum atomic E-state index is -0.270. The first kappa shape index (κ1) is 12.0. The van der Waals surface area contributed by atoms with Gasteiger partial charge in [0.25, 0.3) is 0 Å². The molecule has 3 heterocycles. The smallest absolute Gasteiger partial charge is 0.248 e. The number of aromatic nitrogens is 1. The number of carbonyl (C=O) groups excluding carboxylic acids is 1. The maximum atomic E-state index is 11.4. The fourth-order valence-electron chi connectivity index (χ4n) is 1.96. The number of pyridine rings is 1. The number of carbonyl (C=O) groups is 1. The quantitative estimate of drug-likeness (QED) is 0.836. The van der Waals surface area contributed by atoms with Gasteiger partial charge in [0.05, 0.1) is 0 Å². The standard InChI is InChI=1S/C12H13N5OS/c1-8-5-10(18)14-11-15-16-12(17(8)11)19-7-9-3-2-4-13-6-9/h2-6,11,15H,7H2,1H3,(H,14,18). The second-order valence-electron chi connectivity index (χ2n) is 4.24. The van der Waals surface area contributed by atoms with Crippen LogP contribution < -0.4 is 10.7 Å².